The lowest BCUT2D eigenvalue weighted by Crippen LogP contribution is -2.59. The van der Waals surface area contributed by atoms with Crippen LogP contribution < -0.4 is 0 Å². The summed E-state index contributed by atoms with van der Waals surface area (Å²) in [6.07, 6.45) is -7.19. The maximum Gasteiger partial charge on any atom is 0.214 e. The van der Waals surface area contributed by atoms with Gasteiger partial charge in [0.15, 0.2) is 6.29 Å². The Kier molecular flexibility index (Phi) is 7.07. The van der Waals surface area contributed by atoms with Gasteiger partial charge in [0.25, 0.3) is 0 Å². The van der Waals surface area contributed by atoms with E-state index in [9.17, 15) is 20.4 Å². The van der Waals surface area contributed by atoms with Gasteiger partial charge in [0.05, 0.1) is 29.8 Å². The number of hydrogen-bond donors (Lipinski definition) is 4. The lowest BCUT2D eigenvalue weighted by Gasteiger charge is -2.43. The van der Waals surface area contributed by atoms with Gasteiger partial charge in [-0.2, -0.15) is 0 Å². The molecule has 0 amide bonds. The van der Waals surface area contributed by atoms with Crippen LogP contribution >= 0.6 is 46.4 Å². The van der Waals surface area contributed by atoms with Gasteiger partial charge in [-0.3, -0.25) is 0 Å². The average molecular weight is 416 g/mol. The minimum Gasteiger partial charge on any atom is -0.394 e. The van der Waals surface area contributed by atoms with E-state index in [4.69, 9.17) is 60.6 Å². The third kappa shape index (κ3) is 3.71. The predicted octanol–water partition coefficient (Wildman–Crippen LogP) is -0.410. The zero-order chi connectivity index (χ0) is 17.4. The fourth-order valence-electron chi connectivity index (χ4n) is 2.53. The van der Waals surface area contributed by atoms with Crippen LogP contribution in [0.3, 0.4) is 0 Å². The largest absolute Gasteiger partial charge is 0.394 e. The highest BCUT2D eigenvalue weighted by molar-refractivity contribution is 6.25. The summed E-state index contributed by atoms with van der Waals surface area (Å²) >= 11 is 23.5. The molecule has 2 aliphatic heterocycles. The fraction of sp³-hybridized carbons (Fsp3) is 1.00. The Morgan fingerprint density at radius 2 is 1.65 bits per heavy atom. The summed E-state index contributed by atoms with van der Waals surface area (Å²) in [5.41, 5.74) is 0. The summed E-state index contributed by atoms with van der Waals surface area (Å²) < 4.78 is 16.4. The van der Waals surface area contributed by atoms with Crippen LogP contribution in [0.5, 0.6) is 0 Å². The lowest BCUT2D eigenvalue weighted by atomic mass is 10.0. The van der Waals surface area contributed by atoms with Crippen molar-refractivity contribution in [3.8, 4) is 0 Å². The van der Waals surface area contributed by atoms with Gasteiger partial charge < -0.3 is 34.6 Å². The molecule has 2 rings (SSSR count). The second-order valence-electron chi connectivity index (χ2n) is 5.41. The summed E-state index contributed by atoms with van der Waals surface area (Å²) in [7, 11) is 0. The highest BCUT2D eigenvalue weighted by Gasteiger charge is 2.58. The lowest BCUT2D eigenvalue weighted by molar-refractivity contribution is -0.333. The van der Waals surface area contributed by atoms with Crippen LogP contribution in [-0.2, 0) is 14.2 Å². The molecule has 2 fully saturated rings. The molecule has 2 heterocycles. The Morgan fingerprint density at radius 3 is 2.13 bits per heavy atom. The van der Waals surface area contributed by atoms with Crippen molar-refractivity contribution in [3.63, 3.8) is 0 Å². The summed E-state index contributed by atoms with van der Waals surface area (Å²) in [6, 6.07) is 0. The van der Waals surface area contributed by atoms with Crippen LogP contribution in [0.4, 0.5) is 0 Å². The maximum atomic E-state index is 10.2. The standard InChI is InChI=1S/C12H18Cl4O7/c13-1-4-8(18)10(20)12(3-14,22-4)23-11-7(16)9(19)6(15)5(2-17)21-11/h4-11,17-20H,1-3H2/t4-,5-,6+,7-,8-,9+,10+,11-,12+/m1/s1. The summed E-state index contributed by atoms with van der Waals surface area (Å²) in [4.78, 5) is 0. The smallest absolute Gasteiger partial charge is 0.214 e. The Labute approximate surface area is 152 Å². The first kappa shape index (κ1) is 20.2. The predicted molar refractivity (Wildman–Crippen MR) is 83.2 cm³/mol. The Balaban J connectivity index is 2.18. The number of aliphatic hydroxyl groups is 4. The van der Waals surface area contributed by atoms with E-state index in [1.165, 1.54) is 0 Å². The number of rotatable bonds is 5. The van der Waals surface area contributed by atoms with Crippen molar-refractivity contribution < 1.29 is 34.6 Å². The second-order valence-corrected chi connectivity index (χ2v) is 7.00. The van der Waals surface area contributed by atoms with E-state index in [1.54, 1.807) is 0 Å². The minimum absolute atomic E-state index is 0.0955. The molecule has 0 spiro atoms. The summed E-state index contributed by atoms with van der Waals surface area (Å²) in [5.74, 6) is -2.27. The van der Waals surface area contributed by atoms with E-state index in [1.807, 2.05) is 0 Å². The van der Waals surface area contributed by atoms with Crippen molar-refractivity contribution in [2.45, 2.75) is 53.4 Å². The van der Waals surface area contributed by atoms with Gasteiger partial charge in [-0.25, -0.2) is 0 Å². The molecular formula is C12H18Cl4O7. The van der Waals surface area contributed by atoms with E-state index < -0.39 is 60.0 Å². The van der Waals surface area contributed by atoms with Crippen LogP contribution in [0.1, 0.15) is 0 Å². The average Bonchev–Trinajstić information content (AvgIpc) is 2.80. The van der Waals surface area contributed by atoms with E-state index in [-0.39, 0.29) is 11.8 Å². The zero-order valence-electron chi connectivity index (χ0n) is 11.8. The number of hydrogen-bond acceptors (Lipinski definition) is 7. The highest BCUT2D eigenvalue weighted by Crippen LogP contribution is 2.38. The van der Waals surface area contributed by atoms with Crippen LogP contribution in [-0.4, -0.2) is 92.1 Å². The first-order chi connectivity index (χ1) is 10.8. The fourth-order valence-corrected chi connectivity index (χ4v) is 3.70. The number of ether oxygens (including phenoxy) is 3. The Morgan fingerprint density at radius 1 is 1.00 bits per heavy atom. The third-order valence-corrected chi connectivity index (χ3v) is 5.60. The quantitative estimate of drug-likeness (QED) is 0.452. The second kappa shape index (κ2) is 8.05. The molecule has 7 nitrogen and oxygen atoms in total. The Bertz CT molecular complexity index is 404. The number of alkyl halides is 4. The summed E-state index contributed by atoms with van der Waals surface area (Å²) in [5, 5.41) is 37.3. The van der Waals surface area contributed by atoms with Crippen LogP contribution in [0.15, 0.2) is 0 Å². The van der Waals surface area contributed by atoms with E-state index in [0.29, 0.717) is 0 Å². The molecule has 0 saturated carbocycles. The molecule has 9 atom stereocenters. The normalized spacial score (nSPS) is 51.1. The molecule has 0 aliphatic carbocycles. The maximum absolute atomic E-state index is 10.2. The molecule has 2 aliphatic rings. The molecular weight excluding hydrogens is 398 g/mol. The van der Waals surface area contributed by atoms with Gasteiger partial charge in [-0.05, 0) is 0 Å². The topological polar surface area (TPSA) is 109 Å². The van der Waals surface area contributed by atoms with E-state index in [0.717, 1.165) is 0 Å². The number of aliphatic hydroxyl groups excluding tert-OH is 4. The molecule has 2 saturated heterocycles. The molecule has 0 aromatic heterocycles. The van der Waals surface area contributed by atoms with Gasteiger partial charge >= 0.3 is 0 Å². The number of halogens is 4. The molecule has 11 heteroatoms. The Hall–Kier alpha value is 0.880. The highest BCUT2D eigenvalue weighted by atomic mass is 35.5. The van der Waals surface area contributed by atoms with Crippen LogP contribution in [0.25, 0.3) is 0 Å². The van der Waals surface area contributed by atoms with Crippen molar-refractivity contribution in [3.05, 3.63) is 0 Å². The SMILES string of the molecule is OC[C@H]1O[C@H](O[C@]2(CCl)O[C@H](CCl)[C@@H](O)[C@@H]2O)[C@H](Cl)[C@@H](O)[C@H]1Cl. The van der Waals surface area contributed by atoms with E-state index in [2.05, 4.69) is 0 Å². The zero-order valence-corrected chi connectivity index (χ0v) is 14.8. The molecule has 0 radical (unpaired) electrons. The van der Waals surface area contributed by atoms with Crippen LogP contribution in [0.2, 0.25) is 0 Å². The van der Waals surface area contributed by atoms with Crippen molar-refractivity contribution in [2.24, 2.45) is 0 Å². The molecule has 23 heavy (non-hydrogen) atoms. The monoisotopic (exact) mass is 414 g/mol. The van der Waals surface area contributed by atoms with Crippen LogP contribution in [0, 0.1) is 0 Å². The van der Waals surface area contributed by atoms with Crippen molar-refractivity contribution in [1.82, 2.24) is 0 Å². The molecule has 0 bridgehead atoms. The van der Waals surface area contributed by atoms with Gasteiger partial charge in [0, 0.05) is 0 Å². The third-order valence-electron chi connectivity index (χ3n) is 3.92. The van der Waals surface area contributed by atoms with Gasteiger partial charge in [0.2, 0.25) is 5.79 Å². The van der Waals surface area contributed by atoms with Gasteiger partial charge in [-0.15, -0.1) is 46.4 Å². The molecule has 4 N–H and O–H groups in total. The summed E-state index contributed by atoms with van der Waals surface area (Å²) in [6.45, 7) is -0.473. The minimum atomic E-state index is -1.82. The van der Waals surface area contributed by atoms with Crippen molar-refractivity contribution in [1.29, 1.82) is 0 Å². The van der Waals surface area contributed by atoms with E-state index >= 15 is 0 Å². The van der Waals surface area contributed by atoms with Crippen molar-refractivity contribution >= 4 is 46.4 Å². The molecule has 0 unspecified atom stereocenters. The first-order valence-electron chi connectivity index (χ1n) is 6.87. The molecule has 0 aromatic rings. The molecule has 0 aromatic carbocycles. The molecule has 136 valence electrons. The van der Waals surface area contributed by atoms with Gasteiger partial charge in [0.1, 0.15) is 29.8 Å². The van der Waals surface area contributed by atoms with Gasteiger partial charge in [-0.1, -0.05) is 0 Å². The first-order valence-corrected chi connectivity index (χ1v) is 8.81. The van der Waals surface area contributed by atoms with Crippen molar-refractivity contribution in [2.75, 3.05) is 18.4 Å².